The standard InChI is InChI=1S/C14H30N4O3.HI/c1-13(2,3)21-12(19)18-14(4,5)10-17-11(15-6)16-8-9-20-7;/h8-10H2,1-7H3,(H,18,19)(H2,15,16,17);1H. The van der Waals surface area contributed by atoms with Gasteiger partial charge in [0, 0.05) is 27.2 Å². The van der Waals surface area contributed by atoms with Crippen LogP contribution in [0.25, 0.3) is 0 Å². The number of amides is 1. The zero-order chi connectivity index (χ0) is 16.5. The highest BCUT2D eigenvalue weighted by Crippen LogP contribution is 2.08. The van der Waals surface area contributed by atoms with Crippen LogP contribution in [0.15, 0.2) is 4.99 Å². The predicted molar refractivity (Wildman–Crippen MR) is 100 cm³/mol. The van der Waals surface area contributed by atoms with Crippen molar-refractivity contribution in [1.82, 2.24) is 16.0 Å². The third kappa shape index (κ3) is 12.9. The molecule has 0 saturated carbocycles. The lowest BCUT2D eigenvalue weighted by Crippen LogP contribution is -2.54. The quantitative estimate of drug-likeness (QED) is 0.259. The Morgan fingerprint density at radius 3 is 2.18 bits per heavy atom. The highest BCUT2D eigenvalue weighted by molar-refractivity contribution is 14.0. The van der Waals surface area contributed by atoms with Gasteiger partial charge in [-0.05, 0) is 34.6 Å². The van der Waals surface area contributed by atoms with Crippen molar-refractivity contribution in [3.63, 3.8) is 0 Å². The van der Waals surface area contributed by atoms with E-state index in [1.807, 2.05) is 34.6 Å². The predicted octanol–water partition coefficient (Wildman–Crippen LogP) is 1.72. The third-order valence-corrected chi connectivity index (χ3v) is 2.36. The molecule has 0 aromatic carbocycles. The minimum absolute atomic E-state index is 0. The van der Waals surface area contributed by atoms with Gasteiger partial charge in [0.05, 0.1) is 12.1 Å². The molecule has 0 atom stereocenters. The molecule has 1 amide bonds. The van der Waals surface area contributed by atoms with Crippen LogP contribution in [-0.4, -0.2) is 57.0 Å². The molecular formula is C14H31IN4O3. The molecule has 0 aromatic rings. The molecule has 8 heteroatoms. The topological polar surface area (TPSA) is 84.0 Å². The lowest BCUT2D eigenvalue weighted by Gasteiger charge is -2.29. The molecule has 0 spiro atoms. The Hall–Kier alpha value is -0.770. The summed E-state index contributed by atoms with van der Waals surface area (Å²) in [5, 5.41) is 9.08. The van der Waals surface area contributed by atoms with E-state index in [0.717, 1.165) is 0 Å². The molecule has 0 aliphatic rings. The van der Waals surface area contributed by atoms with Crippen LogP contribution in [0.2, 0.25) is 0 Å². The first-order chi connectivity index (χ1) is 9.59. The number of methoxy groups -OCH3 is 1. The van der Waals surface area contributed by atoms with Crippen LogP contribution >= 0.6 is 24.0 Å². The molecule has 0 aliphatic carbocycles. The molecule has 7 nitrogen and oxygen atoms in total. The minimum Gasteiger partial charge on any atom is -0.444 e. The van der Waals surface area contributed by atoms with Crippen LogP contribution in [0.5, 0.6) is 0 Å². The monoisotopic (exact) mass is 430 g/mol. The first kappa shape index (κ1) is 23.5. The van der Waals surface area contributed by atoms with Crippen molar-refractivity contribution in [2.24, 2.45) is 4.99 Å². The van der Waals surface area contributed by atoms with E-state index in [0.29, 0.717) is 25.7 Å². The number of ether oxygens (including phenoxy) is 2. The molecule has 132 valence electrons. The average molecular weight is 430 g/mol. The highest BCUT2D eigenvalue weighted by Gasteiger charge is 2.24. The molecule has 3 N–H and O–H groups in total. The Bertz CT molecular complexity index is 354. The Kier molecular flexibility index (Phi) is 11.6. The van der Waals surface area contributed by atoms with Crippen molar-refractivity contribution in [3.05, 3.63) is 0 Å². The third-order valence-electron chi connectivity index (χ3n) is 2.36. The maximum absolute atomic E-state index is 11.8. The number of carbonyl (C=O) groups is 1. The van der Waals surface area contributed by atoms with E-state index in [2.05, 4.69) is 20.9 Å². The SMILES string of the molecule is CN=C(NCCOC)NCC(C)(C)NC(=O)OC(C)(C)C.I. The van der Waals surface area contributed by atoms with E-state index in [9.17, 15) is 4.79 Å². The summed E-state index contributed by atoms with van der Waals surface area (Å²) < 4.78 is 10.2. The Morgan fingerprint density at radius 2 is 1.73 bits per heavy atom. The van der Waals surface area contributed by atoms with E-state index >= 15 is 0 Å². The van der Waals surface area contributed by atoms with E-state index in [1.54, 1.807) is 14.2 Å². The highest BCUT2D eigenvalue weighted by atomic mass is 127. The lowest BCUT2D eigenvalue weighted by atomic mass is 10.1. The molecule has 0 fully saturated rings. The van der Waals surface area contributed by atoms with Crippen molar-refractivity contribution in [1.29, 1.82) is 0 Å². The molecule has 0 heterocycles. The average Bonchev–Trinajstić information content (AvgIpc) is 2.30. The largest absolute Gasteiger partial charge is 0.444 e. The second-order valence-corrected chi connectivity index (χ2v) is 6.36. The van der Waals surface area contributed by atoms with E-state index in [-0.39, 0.29) is 24.0 Å². The van der Waals surface area contributed by atoms with Crippen LogP contribution in [-0.2, 0) is 9.47 Å². The second kappa shape index (κ2) is 10.9. The fourth-order valence-corrected chi connectivity index (χ4v) is 1.42. The van der Waals surface area contributed by atoms with Crippen molar-refractivity contribution in [2.75, 3.05) is 33.9 Å². The summed E-state index contributed by atoms with van der Waals surface area (Å²) in [6.45, 7) is 11.1. The van der Waals surface area contributed by atoms with Gasteiger partial charge in [-0.15, -0.1) is 24.0 Å². The maximum atomic E-state index is 11.8. The Labute approximate surface area is 151 Å². The van der Waals surface area contributed by atoms with Gasteiger partial charge in [0.1, 0.15) is 5.60 Å². The zero-order valence-electron chi connectivity index (χ0n) is 14.7. The summed E-state index contributed by atoms with van der Waals surface area (Å²) in [4.78, 5) is 15.9. The number of nitrogens with zero attached hydrogens (tertiary/aromatic N) is 1. The first-order valence-corrected chi connectivity index (χ1v) is 7.04. The summed E-state index contributed by atoms with van der Waals surface area (Å²) in [5.74, 6) is 0.658. The van der Waals surface area contributed by atoms with Crippen molar-refractivity contribution < 1.29 is 14.3 Å². The number of hydrogen-bond acceptors (Lipinski definition) is 4. The smallest absolute Gasteiger partial charge is 0.408 e. The van der Waals surface area contributed by atoms with Crippen LogP contribution in [0.1, 0.15) is 34.6 Å². The molecule has 0 bridgehead atoms. The first-order valence-electron chi connectivity index (χ1n) is 7.04. The number of carbonyl (C=O) groups excluding carboxylic acids is 1. The van der Waals surface area contributed by atoms with Crippen LogP contribution in [0, 0.1) is 0 Å². The Morgan fingerprint density at radius 1 is 1.14 bits per heavy atom. The van der Waals surface area contributed by atoms with Gasteiger partial charge in [-0.3, -0.25) is 4.99 Å². The zero-order valence-corrected chi connectivity index (χ0v) is 17.0. The van der Waals surface area contributed by atoms with E-state index < -0.39 is 17.2 Å². The minimum atomic E-state index is -0.509. The number of nitrogens with one attached hydrogen (secondary N) is 3. The number of aliphatic imine (C=N–C) groups is 1. The summed E-state index contributed by atoms with van der Waals surface area (Å²) in [7, 11) is 3.34. The number of rotatable bonds is 6. The summed E-state index contributed by atoms with van der Waals surface area (Å²) in [5.41, 5.74) is -0.980. The van der Waals surface area contributed by atoms with Gasteiger partial charge in [-0.25, -0.2) is 4.79 Å². The van der Waals surface area contributed by atoms with Gasteiger partial charge in [0.2, 0.25) is 0 Å². The fraction of sp³-hybridized carbons (Fsp3) is 0.857. The van der Waals surface area contributed by atoms with Crippen LogP contribution in [0.4, 0.5) is 4.79 Å². The van der Waals surface area contributed by atoms with E-state index in [1.165, 1.54) is 0 Å². The molecular weight excluding hydrogens is 399 g/mol. The normalized spacial score (nSPS) is 12.2. The van der Waals surface area contributed by atoms with Crippen molar-refractivity contribution in [2.45, 2.75) is 45.8 Å². The Balaban J connectivity index is 0. The number of guanidine groups is 1. The van der Waals surface area contributed by atoms with Crippen molar-refractivity contribution >= 4 is 36.0 Å². The molecule has 0 saturated heterocycles. The van der Waals surface area contributed by atoms with Crippen LogP contribution < -0.4 is 16.0 Å². The summed E-state index contributed by atoms with van der Waals surface area (Å²) in [6.07, 6.45) is -0.434. The summed E-state index contributed by atoms with van der Waals surface area (Å²) in [6, 6.07) is 0. The maximum Gasteiger partial charge on any atom is 0.408 e. The van der Waals surface area contributed by atoms with Crippen LogP contribution in [0.3, 0.4) is 0 Å². The fourth-order valence-electron chi connectivity index (χ4n) is 1.42. The van der Waals surface area contributed by atoms with Gasteiger partial charge in [-0.2, -0.15) is 0 Å². The van der Waals surface area contributed by atoms with Gasteiger partial charge >= 0.3 is 6.09 Å². The summed E-state index contributed by atoms with van der Waals surface area (Å²) >= 11 is 0. The lowest BCUT2D eigenvalue weighted by molar-refractivity contribution is 0.0474. The van der Waals surface area contributed by atoms with Gasteiger partial charge in [0.15, 0.2) is 5.96 Å². The van der Waals surface area contributed by atoms with Gasteiger partial charge in [-0.1, -0.05) is 0 Å². The molecule has 0 aliphatic heterocycles. The number of alkyl carbamates (subject to hydrolysis) is 1. The number of hydrogen-bond donors (Lipinski definition) is 3. The molecule has 0 aromatic heterocycles. The second-order valence-electron chi connectivity index (χ2n) is 6.36. The van der Waals surface area contributed by atoms with E-state index in [4.69, 9.17) is 9.47 Å². The number of halogens is 1. The molecule has 22 heavy (non-hydrogen) atoms. The van der Waals surface area contributed by atoms with Gasteiger partial charge < -0.3 is 25.4 Å². The molecule has 0 radical (unpaired) electrons. The van der Waals surface area contributed by atoms with Crippen molar-refractivity contribution in [3.8, 4) is 0 Å². The molecule has 0 unspecified atom stereocenters. The molecule has 0 rings (SSSR count). The van der Waals surface area contributed by atoms with Gasteiger partial charge in [0.25, 0.3) is 0 Å².